The Bertz CT molecular complexity index is 606. The second-order valence-electron chi connectivity index (χ2n) is 4.34. The average Bonchev–Trinajstić information content (AvgIpc) is 2.74. The molecule has 0 amide bonds. The van der Waals surface area contributed by atoms with Crippen molar-refractivity contribution in [1.29, 1.82) is 0 Å². The number of anilines is 1. The fourth-order valence-electron chi connectivity index (χ4n) is 1.84. The summed E-state index contributed by atoms with van der Waals surface area (Å²) in [5, 5.41) is 9.30. The van der Waals surface area contributed by atoms with E-state index >= 15 is 0 Å². The molecule has 1 aromatic heterocycles. The highest BCUT2D eigenvalue weighted by Crippen LogP contribution is 2.27. The Morgan fingerprint density at radius 2 is 2.11 bits per heavy atom. The van der Waals surface area contributed by atoms with Crippen LogP contribution >= 0.6 is 11.6 Å². The molecule has 0 saturated heterocycles. The standard InChI is InChI=1S/C14H14ClNO3/c1-9-3-5-11(19-9)8-16(2)13-6-4-10(14(17)18)7-12(13)15/h3-7H,8H2,1-2H3,(H,17,18). The summed E-state index contributed by atoms with van der Waals surface area (Å²) in [6.45, 7) is 2.46. The van der Waals surface area contributed by atoms with Crippen molar-refractivity contribution >= 4 is 23.3 Å². The van der Waals surface area contributed by atoms with Crippen molar-refractivity contribution in [1.82, 2.24) is 0 Å². The molecule has 0 aliphatic heterocycles. The molecule has 1 heterocycles. The van der Waals surface area contributed by atoms with Crippen molar-refractivity contribution in [3.05, 3.63) is 52.4 Å². The number of hydrogen-bond acceptors (Lipinski definition) is 3. The minimum absolute atomic E-state index is 0.177. The number of aryl methyl sites for hydroxylation is 1. The van der Waals surface area contributed by atoms with E-state index in [9.17, 15) is 4.79 Å². The van der Waals surface area contributed by atoms with Crippen molar-refractivity contribution < 1.29 is 14.3 Å². The van der Waals surface area contributed by atoms with E-state index in [1.165, 1.54) is 12.1 Å². The van der Waals surface area contributed by atoms with Gasteiger partial charge in [-0.15, -0.1) is 0 Å². The smallest absolute Gasteiger partial charge is 0.335 e. The van der Waals surface area contributed by atoms with Crippen molar-refractivity contribution in [2.24, 2.45) is 0 Å². The van der Waals surface area contributed by atoms with Gasteiger partial charge in [-0.05, 0) is 37.3 Å². The molecule has 2 aromatic rings. The lowest BCUT2D eigenvalue weighted by Crippen LogP contribution is -2.16. The maximum Gasteiger partial charge on any atom is 0.335 e. The SMILES string of the molecule is Cc1ccc(CN(C)c2ccc(C(=O)O)cc2Cl)o1. The largest absolute Gasteiger partial charge is 0.478 e. The van der Waals surface area contributed by atoms with Crippen LogP contribution in [0.25, 0.3) is 0 Å². The summed E-state index contributed by atoms with van der Waals surface area (Å²) < 4.78 is 5.50. The van der Waals surface area contributed by atoms with Crippen LogP contribution < -0.4 is 4.90 Å². The van der Waals surface area contributed by atoms with Crippen LogP contribution in [0.5, 0.6) is 0 Å². The molecule has 5 heteroatoms. The Morgan fingerprint density at radius 3 is 2.63 bits per heavy atom. The first-order valence-corrected chi connectivity index (χ1v) is 6.14. The van der Waals surface area contributed by atoms with E-state index in [1.807, 2.05) is 31.0 Å². The lowest BCUT2D eigenvalue weighted by molar-refractivity contribution is 0.0697. The third kappa shape index (κ3) is 3.09. The molecule has 19 heavy (non-hydrogen) atoms. The van der Waals surface area contributed by atoms with Crippen LogP contribution in [0.4, 0.5) is 5.69 Å². The number of hydrogen-bond donors (Lipinski definition) is 1. The number of carboxylic acid groups (broad SMARTS) is 1. The number of carbonyl (C=O) groups is 1. The van der Waals surface area contributed by atoms with E-state index in [2.05, 4.69) is 0 Å². The van der Waals surface area contributed by atoms with Crippen LogP contribution in [0.3, 0.4) is 0 Å². The highest BCUT2D eigenvalue weighted by atomic mass is 35.5. The quantitative estimate of drug-likeness (QED) is 0.929. The van der Waals surface area contributed by atoms with Crippen molar-refractivity contribution in [3.63, 3.8) is 0 Å². The molecule has 1 N–H and O–H groups in total. The van der Waals surface area contributed by atoms with Crippen molar-refractivity contribution in [3.8, 4) is 0 Å². The maximum absolute atomic E-state index is 10.8. The van der Waals surface area contributed by atoms with Gasteiger partial charge in [-0.25, -0.2) is 4.79 Å². The number of furan rings is 1. The van der Waals surface area contributed by atoms with Gasteiger partial charge in [0.2, 0.25) is 0 Å². The van der Waals surface area contributed by atoms with Gasteiger partial charge in [0.05, 0.1) is 22.8 Å². The van der Waals surface area contributed by atoms with Gasteiger partial charge in [0.15, 0.2) is 0 Å². The Kier molecular flexibility index (Phi) is 3.81. The number of aromatic carboxylic acids is 1. The van der Waals surface area contributed by atoms with Gasteiger partial charge in [-0.2, -0.15) is 0 Å². The molecule has 100 valence electrons. The molecule has 2 rings (SSSR count). The fourth-order valence-corrected chi connectivity index (χ4v) is 2.16. The number of benzene rings is 1. The second-order valence-corrected chi connectivity index (χ2v) is 4.75. The minimum atomic E-state index is -0.988. The van der Waals surface area contributed by atoms with E-state index in [4.69, 9.17) is 21.1 Å². The maximum atomic E-state index is 10.8. The molecule has 0 bridgehead atoms. The molecular weight excluding hydrogens is 266 g/mol. The molecule has 4 nitrogen and oxygen atoms in total. The zero-order valence-corrected chi connectivity index (χ0v) is 11.4. The topological polar surface area (TPSA) is 53.7 Å². The van der Waals surface area contributed by atoms with Crippen LogP contribution in [0.2, 0.25) is 5.02 Å². The first-order chi connectivity index (χ1) is 8.97. The molecule has 0 unspecified atom stereocenters. The van der Waals surface area contributed by atoms with Gasteiger partial charge in [0.1, 0.15) is 11.5 Å². The Hall–Kier alpha value is -1.94. The van der Waals surface area contributed by atoms with Crippen molar-refractivity contribution in [2.45, 2.75) is 13.5 Å². The molecule has 0 aliphatic carbocycles. The third-order valence-electron chi connectivity index (χ3n) is 2.79. The van der Waals surface area contributed by atoms with E-state index in [0.29, 0.717) is 11.6 Å². The van der Waals surface area contributed by atoms with E-state index in [-0.39, 0.29) is 5.56 Å². The zero-order valence-electron chi connectivity index (χ0n) is 10.7. The normalized spacial score (nSPS) is 10.5. The minimum Gasteiger partial charge on any atom is -0.478 e. The predicted molar refractivity (Wildman–Crippen MR) is 74.0 cm³/mol. The van der Waals surface area contributed by atoms with Gasteiger partial charge in [-0.1, -0.05) is 11.6 Å². The predicted octanol–water partition coefficient (Wildman–Crippen LogP) is 3.58. The second kappa shape index (κ2) is 5.36. The lowest BCUT2D eigenvalue weighted by atomic mass is 10.2. The van der Waals surface area contributed by atoms with Crippen LogP contribution in [-0.2, 0) is 6.54 Å². The first-order valence-electron chi connectivity index (χ1n) is 5.76. The van der Waals surface area contributed by atoms with E-state index < -0.39 is 5.97 Å². The summed E-state index contributed by atoms with van der Waals surface area (Å²) in [4.78, 5) is 12.7. The molecular formula is C14H14ClNO3. The van der Waals surface area contributed by atoms with Crippen molar-refractivity contribution in [2.75, 3.05) is 11.9 Å². The first kappa shape index (κ1) is 13.5. The number of rotatable bonds is 4. The number of nitrogens with zero attached hydrogens (tertiary/aromatic N) is 1. The molecule has 0 spiro atoms. The number of halogens is 1. The molecule has 0 atom stereocenters. The highest BCUT2D eigenvalue weighted by molar-refractivity contribution is 6.33. The molecule has 0 saturated carbocycles. The summed E-state index contributed by atoms with van der Waals surface area (Å²) in [7, 11) is 1.87. The zero-order chi connectivity index (χ0) is 14.0. The van der Waals surface area contributed by atoms with Gasteiger partial charge in [-0.3, -0.25) is 0 Å². The van der Waals surface area contributed by atoms with Gasteiger partial charge >= 0.3 is 5.97 Å². The van der Waals surface area contributed by atoms with E-state index in [1.54, 1.807) is 6.07 Å². The Balaban J connectivity index is 2.19. The monoisotopic (exact) mass is 279 g/mol. The van der Waals surface area contributed by atoms with Crippen LogP contribution in [0.1, 0.15) is 21.9 Å². The molecule has 0 aliphatic rings. The Morgan fingerprint density at radius 1 is 1.37 bits per heavy atom. The number of carboxylic acids is 1. The third-order valence-corrected chi connectivity index (χ3v) is 3.10. The lowest BCUT2D eigenvalue weighted by Gasteiger charge is -2.19. The summed E-state index contributed by atoms with van der Waals surface area (Å²) in [6, 6.07) is 8.49. The molecule has 1 aromatic carbocycles. The summed E-state index contributed by atoms with van der Waals surface area (Å²) in [5.41, 5.74) is 0.941. The molecule has 0 fully saturated rings. The summed E-state index contributed by atoms with van der Waals surface area (Å²) in [6.07, 6.45) is 0. The van der Waals surface area contributed by atoms with Crippen LogP contribution in [0.15, 0.2) is 34.7 Å². The van der Waals surface area contributed by atoms with Gasteiger partial charge in [0.25, 0.3) is 0 Å². The van der Waals surface area contributed by atoms with Gasteiger partial charge < -0.3 is 14.4 Å². The summed E-state index contributed by atoms with van der Waals surface area (Å²) in [5.74, 6) is 0.701. The van der Waals surface area contributed by atoms with Gasteiger partial charge in [0, 0.05) is 7.05 Å². The van der Waals surface area contributed by atoms with E-state index in [0.717, 1.165) is 17.2 Å². The Labute approximate surface area is 116 Å². The molecule has 0 radical (unpaired) electrons. The van der Waals surface area contributed by atoms with Crippen LogP contribution in [-0.4, -0.2) is 18.1 Å². The van der Waals surface area contributed by atoms with Crippen LogP contribution in [0, 0.1) is 6.92 Å². The fraction of sp³-hybridized carbons (Fsp3) is 0.214. The average molecular weight is 280 g/mol. The highest BCUT2D eigenvalue weighted by Gasteiger charge is 2.11. The summed E-state index contributed by atoms with van der Waals surface area (Å²) >= 11 is 6.10.